The molecule has 1 heterocycles. The van der Waals surface area contributed by atoms with Gasteiger partial charge in [-0.3, -0.25) is 9.59 Å². The first kappa shape index (κ1) is 20.1. The number of unbranched alkanes of at least 4 members (excludes halogenated alkanes) is 2. The van der Waals surface area contributed by atoms with Gasteiger partial charge in [0.15, 0.2) is 10.9 Å². The average Bonchev–Trinajstić information content (AvgIpc) is 3.65. The minimum absolute atomic E-state index is 0.0268. The summed E-state index contributed by atoms with van der Waals surface area (Å²) >= 11 is 1.48. The van der Waals surface area contributed by atoms with Crippen molar-refractivity contribution in [2.45, 2.75) is 75.4 Å². The Morgan fingerprint density at radius 1 is 1.10 bits per heavy atom. The molecule has 0 unspecified atom stereocenters. The quantitative estimate of drug-likeness (QED) is 0.320. The van der Waals surface area contributed by atoms with E-state index in [0.717, 1.165) is 35.9 Å². The standard InChI is InChI=1S/C22H28N4O2S/c1-2-3-4-5-20(28)23-17-10-8-15(9-11-17)19(27)14-29-22-25-24-21(16-6-7-16)26(22)18-12-13-18/h8-11,16,18H,2-7,12-14H2,1H3,(H,23,28). The Bertz CT molecular complexity index is 869. The van der Waals surface area contributed by atoms with Gasteiger partial charge >= 0.3 is 0 Å². The first-order chi connectivity index (χ1) is 14.2. The molecule has 2 aliphatic rings. The molecule has 4 rings (SSSR count). The number of nitrogens with zero attached hydrogens (tertiary/aromatic N) is 3. The van der Waals surface area contributed by atoms with E-state index in [1.165, 1.54) is 37.4 Å². The summed E-state index contributed by atoms with van der Waals surface area (Å²) in [7, 11) is 0. The fourth-order valence-corrected chi connectivity index (χ4v) is 4.30. The number of rotatable bonds is 11. The molecule has 1 aromatic carbocycles. The summed E-state index contributed by atoms with van der Waals surface area (Å²) < 4.78 is 2.27. The molecule has 0 saturated heterocycles. The molecule has 6 nitrogen and oxygen atoms in total. The zero-order chi connectivity index (χ0) is 20.2. The van der Waals surface area contributed by atoms with Gasteiger partial charge in [0.05, 0.1) is 5.75 Å². The van der Waals surface area contributed by atoms with Crippen molar-refractivity contribution in [2.75, 3.05) is 11.1 Å². The lowest BCUT2D eigenvalue weighted by molar-refractivity contribution is -0.116. The molecule has 29 heavy (non-hydrogen) atoms. The van der Waals surface area contributed by atoms with Crippen LogP contribution in [-0.4, -0.2) is 32.2 Å². The van der Waals surface area contributed by atoms with Gasteiger partial charge in [-0.05, 0) is 56.4 Å². The van der Waals surface area contributed by atoms with Crippen molar-refractivity contribution in [3.63, 3.8) is 0 Å². The van der Waals surface area contributed by atoms with E-state index in [2.05, 4.69) is 27.0 Å². The molecule has 0 spiro atoms. The summed E-state index contributed by atoms with van der Waals surface area (Å²) in [5.41, 5.74) is 1.39. The van der Waals surface area contributed by atoms with Crippen LogP contribution in [0.2, 0.25) is 0 Å². The number of Topliss-reactive ketones (excluding diaryl/α,β-unsaturated/α-hetero) is 1. The molecule has 1 aromatic heterocycles. The number of amides is 1. The predicted molar refractivity (Wildman–Crippen MR) is 115 cm³/mol. The molecule has 0 aliphatic heterocycles. The van der Waals surface area contributed by atoms with Gasteiger partial charge in [0.1, 0.15) is 5.82 Å². The molecule has 2 aromatic rings. The van der Waals surface area contributed by atoms with Crippen molar-refractivity contribution in [2.24, 2.45) is 0 Å². The summed E-state index contributed by atoms with van der Waals surface area (Å²) in [6, 6.07) is 7.69. The minimum atomic E-state index is 0.0268. The molecule has 7 heteroatoms. The third-order valence-corrected chi connectivity index (χ3v) is 6.32. The molecular formula is C22H28N4O2S. The lowest BCUT2D eigenvalue weighted by Gasteiger charge is -2.08. The summed E-state index contributed by atoms with van der Waals surface area (Å²) in [6.45, 7) is 2.12. The fraction of sp³-hybridized carbons (Fsp3) is 0.545. The SMILES string of the molecule is CCCCCC(=O)Nc1ccc(C(=O)CSc2nnc(C3CC3)n2C2CC2)cc1. The monoisotopic (exact) mass is 412 g/mol. The molecular weight excluding hydrogens is 384 g/mol. The average molecular weight is 413 g/mol. The van der Waals surface area contributed by atoms with Gasteiger partial charge in [0, 0.05) is 29.6 Å². The summed E-state index contributed by atoms with van der Waals surface area (Å²) in [5.74, 6) is 2.12. The van der Waals surface area contributed by atoms with Crippen molar-refractivity contribution in [1.82, 2.24) is 14.8 Å². The van der Waals surface area contributed by atoms with E-state index in [1.807, 2.05) is 0 Å². The third kappa shape index (κ3) is 5.26. The van der Waals surface area contributed by atoms with Gasteiger partial charge < -0.3 is 9.88 Å². The Morgan fingerprint density at radius 2 is 1.86 bits per heavy atom. The largest absolute Gasteiger partial charge is 0.326 e. The zero-order valence-electron chi connectivity index (χ0n) is 16.9. The van der Waals surface area contributed by atoms with Crippen LogP contribution in [0.15, 0.2) is 29.4 Å². The van der Waals surface area contributed by atoms with E-state index in [4.69, 9.17) is 0 Å². The predicted octanol–water partition coefficient (Wildman–Crippen LogP) is 4.98. The number of carbonyl (C=O) groups is 2. The Balaban J connectivity index is 1.31. The smallest absolute Gasteiger partial charge is 0.224 e. The van der Waals surface area contributed by atoms with Crippen LogP contribution < -0.4 is 5.32 Å². The minimum Gasteiger partial charge on any atom is -0.326 e. The molecule has 0 bridgehead atoms. The number of nitrogens with one attached hydrogen (secondary N) is 1. The van der Waals surface area contributed by atoms with Crippen LogP contribution in [0.5, 0.6) is 0 Å². The first-order valence-corrected chi connectivity index (χ1v) is 11.6. The van der Waals surface area contributed by atoms with Crippen LogP contribution in [0, 0.1) is 0 Å². The van der Waals surface area contributed by atoms with E-state index in [9.17, 15) is 9.59 Å². The summed E-state index contributed by atoms with van der Waals surface area (Å²) in [5, 5.41) is 12.5. The highest BCUT2D eigenvalue weighted by atomic mass is 32.2. The maximum Gasteiger partial charge on any atom is 0.224 e. The Morgan fingerprint density at radius 3 is 2.52 bits per heavy atom. The molecule has 0 radical (unpaired) electrons. The van der Waals surface area contributed by atoms with Gasteiger partial charge in [0.2, 0.25) is 5.91 Å². The number of aromatic nitrogens is 3. The van der Waals surface area contributed by atoms with Crippen molar-refractivity contribution in [3.8, 4) is 0 Å². The number of anilines is 1. The van der Waals surface area contributed by atoms with E-state index < -0.39 is 0 Å². The lowest BCUT2D eigenvalue weighted by Crippen LogP contribution is -2.11. The van der Waals surface area contributed by atoms with Gasteiger partial charge in [-0.15, -0.1) is 10.2 Å². The van der Waals surface area contributed by atoms with Crippen LogP contribution in [0.4, 0.5) is 5.69 Å². The maximum atomic E-state index is 12.6. The van der Waals surface area contributed by atoms with Crippen LogP contribution in [0.25, 0.3) is 0 Å². The number of benzene rings is 1. The normalized spacial score (nSPS) is 16.0. The van der Waals surface area contributed by atoms with E-state index in [0.29, 0.717) is 29.7 Å². The topological polar surface area (TPSA) is 76.9 Å². The zero-order valence-corrected chi connectivity index (χ0v) is 17.7. The Labute approximate surface area is 175 Å². The molecule has 154 valence electrons. The van der Waals surface area contributed by atoms with Crippen molar-refractivity contribution < 1.29 is 9.59 Å². The Kier molecular flexibility index (Phi) is 6.33. The molecule has 1 amide bonds. The molecule has 2 aliphatic carbocycles. The molecule has 0 atom stereocenters. The van der Waals surface area contributed by atoms with Gasteiger partial charge in [-0.1, -0.05) is 31.5 Å². The lowest BCUT2D eigenvalue weighted by atomic mass is 10.1. The van der Waals surface area contributed by atoms with Crippen molar-refractivity contribution in [3.05, 3.63) is 35.7 Å². The van der Waals surface area contributed by atoms with Crippen molar-refractivity contribution >= 4 is 29.1 Å². The second kappa shape index (κ2) is 9.11. The number of carbonyl (C=O) groups excluding carboxylic acids is 2. The van der Waals surface area contributed by atoms with Gasteiger partial charge in [0.25, 0.3) is 0 Å². The summed E-state index contributed by atoms with van der Waals surface area (Å²) in [6.07, 6.45) is 8.39. The second-order valence-electron chi connectivity index (χ2n) is 8.01. The number of ketones is 1. The second-order valence-corrected chi connectivity index (χ2v) is 8.95. The highest BCUT2D eigenvalue weighted by Gasteiger charge is 2.36. The van der Waals surface area contributed by atoms with Crippen LogP contribution >= 0.6 is 11.8 Å². The first-order valence-electron chi connectivity index (χ1n) is 10.7. The number of thioether (sulfide) groups is 1. The number of hydrogen-bond donors (Lipinski definition) is 1. The van der Waals surface area contributed by atoms with Crippen molar-refractivity contribution in [1.29, 1.82) is 0 Å². The molecule has 1 N–H and O–H groups in total. The highest BCUT2D eigenvalue weighted by Crippen LogP contribution is 2.46. The fourth-order valence-electron chi connectivity index (χ4n) is 3.39. The highest BCUT2D eigenvalue weighted by molar-refractivity contribution is 7.99. The maximum absolute atomic E-state index is 12.6. The molecule has 2 saturated carbocycles. The third-order valence-electron chi connectivity index (χ3n) is 5.38. The summed E-state index contributed by atoms with van der Waals surface area (Å²) in [4.78, 5) is 24.5. The van der Waals surface area contributed by atoms with E-state index >= 15 is 0 Å². The van der Waals surface area contributed by atoms with Crippen LogP contribution in [-0.2, 0) is 4.79 Å². The van der Waals surface area contributed by atoms with E-state index in [1.54, 1.807) is 24.3 Å². The van der Waals surface area contributed by atoms with E-state index in [-0.39, 0.29) is 11.7 Å². The van der Waals surface area contributed by atoms with Crippen LogP contribution in [0.3, 0.4) is 0 Å². The van der Waals surface area contributed by atoms with Gasteiger partial charge in [-0.25, -0.2) is 0 Å². The number of hydrogen-bond acceptors (Lipinski definition) is 5. The van der Waals surface area contributed by atoms with Gasteiger partial charge in [-0.2, -0.15) is 0 Å². The molecule has 2 fully saturated rings. The van der Waals surface area contributed by atoms with Crippen LogP contribution in [0.1, 0.15) is 86.4 Å². The Hall–Kier alpha value is -2.15.